The van der Waals surface area contributed by atoms with Crippen LogP contribution in [0.2, 0.25) is 0 Å². The first kappa shape index (κ1) is 19.5. The first-order valence-corrected chi connectivity index (χ1v) is 7.94. The van der Waals surface area contributed by atoms with Crippen LogP contribution in [0.3, 0.4) is 0 Å². The lowest BCUT2D eigenvalue weighted by Gasteiger charge is -2.38. The van der Waals surface area contributed by atoms with Gasteiger partial charge in [-0.1, -0.05) is 54.9 Å². The summed E-state index contributed by atoms with van der Waals surface area (Å²) in [5.74, 6) is 0.490. The summed E-state index contributed by atoms with van der Waals surface area (Å²) in [6.45, 7) is 21.2. The van der Waals surface area contributed by atoms with Gasteiger partial charge in [0.2, 0.25) is 0 Å². The van der Waals surface area contributed by atoms with Gasteiger partial charge in [-0.25, -0.2) is 0 Å². The lowest BCUT2D eigenvalue weighted by Crippen LogP contribution is -2.40. The van der Waals surface area contributed by atoms with E-state index < -0.39 is 5.41 Å². The molecular formula is C18H36O2. The minimum Gasteiger partial charge on any atom is -0.462 e. The number of hydrogen-bond acceptors (Lipinski definition) is 2. The number of rotatable bonds is 5. The Morgan fingerprint density at radius 3 is 1.75 bits per heavy atom. The number of esters is 1. The van der Waals surface area contributed by atoms with E-state index in [-0.39, 0.29) is 22.9 Å². The molecule has 2 nitrogen and oxygen atoms in total. The summed E-state index contributed by atoms with van der Waals surface area (Å²) in [5, 5.41) is 0. The van der Waals surface area contributed by atoms with Gasteiger partial charge in [0.1, 0.15) is 0 Å². The van der Waals surface area contributed by atoms with E-state index in [1.165, 1.54) is 0 Å². The predicted octanol–water partition coefficient (Wildman–Crippen LogP) is 5.45. The smallest absolute Gasteiger partial charge is 0.312 e. The molecule has 0 aromatic heterocycles. The third-order valence-electron chi connectivity index (χ3n) is 5.03. The summed E-state index contributed by atoms with van der Waals surface area (Å²) >= 11 is 0. The van der Waals surface area contributed by atoms with E-state index in [0.29, 0.717) is 5.92 Å². The Balaban J connectivity index is 4.70. The summed E-state index contributed by atoms with van der Waals surface area (Å²) < 4.78 is 5.73. The molecule has 120 valence electrons. The van der Waals surface area contributed by atoms with Gasteiger partial charge in [-0.05, 0) is 43.9 Å². The van der Waals surface area contributed by atoms with Crippen LogP contribution in [0.5, 0.6) is 0 Å². The molecule has 0 aromatic carbocycles. The Hall–Kier alpha value is -0.530. The van der Waals surface area contributed by atoms with Gasteiger partial charge < -0.3 is 4.74 Å². The molecule has 0 bridgehead atoms. The zero-order valence-electron chi connectivity index (χ0n) is 15.4. The third-order valence-corrected chi connectivity index (χ3v) is 5.03. The van der Waals surface area contributed by atoms with Crippen molar-refractivity contribution in [2.24, 2.45) is 22.2 Å². The largest absolute Gasteiger partial charge is 0.462 e. The van der Waals surface area contributed by atoms with Crippen molar-refractivity contribution in [3.63, 3.8) is 0 Å². The summed E-state index contributed by atoms with van der Waals surface area (Å²) in [7, 11) is 0. The van der Waals surface area contributed by atoms with Crippen LogP contribution in [0.25, 0.3) is 0 Å². The molecule has 0 fully saturated rings. The second-order valence-corrected chi connectivity index (χ2v) is 8.80. The van der Waals surface area contributed by atoms with Crippen molar-refractivity contribution in [1.82, 2.24) is 0 Å². The highest BCUT2D eigenvalue weighted by Gasteiger charge is 2.42. The molecule has 0 saturated heterocycles. The van der Waals surface area contributed by atoms with Crippen molar-refractivity contribution in [3.05, 3.63) is 0 Å². The van der Waals surface area contributed by atoms with E-state index in [4.69, 9.17) is 4.74 Å². The van der Waals surface area contributed by atoms with Crippen LogP contribution in [0, 0.1) is 22.2 Å². The van der Waals surface area contributed by atoms with Crippen molar-refractivity contribution in [3.8, 4) is 0 Å². The van der Waals surface area contributed by atoms with Crippen LogP contribution in [-0.2, 0) is 9.53 Å². The second-order valence-electron chi connectivity index (χ2n) is 8.80. The maximum atomic E-state index is 12.4. The zero-order chi connectivity index (χ0) is 16.4. The Morgan fingerprint density at radius 2 is 1.45 bits per heavy atom. The fourth-order valence-electron chi connectivity index (χ4n) is 2.22. The van der Waals surface area contributed by atoms with Gasteiger partial charge in [-0.15, -0.1) is 0 Å². The van der Waals surface area contributed by atoms with Crippen LogP contribution in [0.15, 0.2) is 0 Å². The molecule has 0 saturated carbocycles. The van der Waals surface area contributed by atoms with E-state index in [2.05, 4.69) is 48.5 Å². The molecule has 0 aliphatic heterocycles. The molecule has 2 atom stereocenters. The van der Waals surface area contributed by atoms with Crippen LogP contribution < -0.4 is 0 Å². The highest BCUT2D eigenvalue weighted by Crippen LogP contribution is 2.40. The molecule has 2 unspecified atom stereocenters. The Kier molecular flexibility index (Phi) is 6.32. The summed E-state index contributed by atoms with van der Waals surface area (Å²) in [6.07, 6.45) is 2.04. The molecule has 2 heteroatoms. The average molecular weight is 284 g/mol. The van der Waals surface area contributed by atoms with Crippen LogP contribution in [-0.4, -0.2) is 12.1 Å². The summed E-state index contributed by atoms with van der Waals surface area (Å²) in [5.41, 5.74) is -0.308. The molecule has 0 rings (SSSR count). The highest BCUT2D eigenvalue weighted by molar-refractivity contribution is 5.77. The zero-order valence-corrected chi connectivity index (χ0v) is 15.4. The van der Waals surface area contributed by atoms with E-state index in [1.54, 1.807) is 0 Å². The average Bonchev–Trinajstić information content (AvgIpc) is 2.22. The maximum Gasteiger partial charge on any atom is 0.312 e. The predicted molar refractivity (Wildman–Crippen MR) is 86.6 cm³/mol. The fourth-order valence-corrected chi connectivity index (χ4v) is 2.22. The Bertz CT molecular complexity index is 315. The molecule has 0 aliphatic carbocycles. The first-order valence-electron chi connectivity index (χ1n) is 7.94. The molecule has 0 heterocycles. The molecule has 0 N–H and O–H groups in total. The van der Waals surface area contributed by atoms with E-state index >= 15 is 0 Å². The SMILES string of the molecule is CCC(CC(C)OC(=O)C(C)(C)C(C)(C)C)C(C)(C)C. The van der Waals surface area contributed by atoms with Crippen molar-refractivity contribution >= 4 is 5.97 Å². The third kappa shape index (κ3) is 5.10. The fraction of sp³-hybridized carbons (Fsp3) is 0.944. The minimum atomic E-state index is -0.468. The van der Waals surface area contributed by atoms with Crippen molar-refractivity contribution in [2.75, 3.05) is 0 Å². The lowest BCUT2D eigenvalue weighted by atomic mass is 9.69. The number of carbonyl (C=O) groups is 1. The van der Waals surface area contributed by atoms with Crippen LogP contribution in [0.1, 0.15) is 82.1 Å². The van der Waals surface area contributed by atoms with Gasteiger partial charge in [0.05, 0.1) is 11.5 Å². The lowest BCUT2D eigenvalue weighted by molar-refractivity contribution is -0.166. The van der Waals surface area contributed by atoms with Crippen molar-refractivity contribution in [2.45, 2.75) is 88.2 Å². The topological polar surface area (TPSA) is 26.3 Å². The van der Waals surface area contributed by atoms with Crippen molar-refractivity contribution in [1.29, 1.82) is 0 Å². The first-order chi connectivity index (χ1) is 8.73. The molecule has 0 aliphatic rings. The van der Waals surface area contributed by atoms with E-state index in [0.717, 1.165) is 12.8 Å². The van der Waals surface area contributed by atoms with Gasteiger partial charge >= 0.3 is 5.97 Å². The summed E-state index contributed by atoms with van der Waals surface area (Å²) in [4.78, 5) is 12.4. The highest BCUT2D eigenvalue weighted by atomic mass is 16.5. The standard InChI is InChI=1S/C18H36O2/c1-11-14(16(3,4)5)12-13(2)20-15(19)18(9,10)17(6,7)8/h13-14H,11-12H2,1-10H3. The summed E-state index contributed by atoms with van der Waals surface area (Å²) in [6, 6.07) is 0. The van der Waals surface area contributed by atoms with Gasteiger partial charge in [0.25, 0.3) is 0 Å². The molecule has 0 spiro atoms. The number of hydrogen-bond donors (Lipinski definition) is 0. The number of ether oxygens (including phenoxy) is 1. The Morgan fingerprint density at radius 1 is 1.00 bits per heavy atom. The Labute approximate surface area is 126 Å². The normalized spacial score (nSPS) is 16.7. The van der Waals surface area contributed by atoms with Gasteiger partial charge in [-0.3, -0.25) is 4.79 Å². The van der Waals surface area contributed by atoms with Crippen molar-refractivity contribution < 1.29 is 9.53 Å². The maximum absolute atomic E-state index is 12.4. The number of carbonyl (C=O) groups excluding carboxylic acids is 1. The molecule has 0 aromatic rings. The van der Waals surface area contributed by atoms with Crippen LogP contribution in [0.4, 0.5) is 0 Å². The monoisotopic (exact) mass is 284 g/mol. The van der Waals surface area contributed by atoms with Crippen LogP contribution >= 0.6 is 0 Å². The molecule has 0 radical (unpaired) electrons. The second kappa shape index (κ2) is 6.49. The van der Waals surface area contributed by atoms with Gasteiger partial charge in [0.15, 0.2) is 0 Å². The van der Waals surface area contributed by atoms with Gasteiger partial charge in [-0.2, -0.15) is 0 Å². The van der Waals surface area contributed by atoms with Gasteiger partial charge in [0, 0.05) is 0 Å². The molecule has 0 amide bonds. The quantitative estimate of drug-likeness (QED) is 0.627. The molecule has 20 heavy (non-hydrogen) atoms. The van der Waals surface area contributed by atoms with E-state index in [1.807, 2.05) is 20.8 Å². The van der Waals surface area contributed by atoms with E-state index in [9.17, 15) is 4.79 Å². The molecular weight excluding hydrogens is 248 g/mol. The minimum absolute atomic E-state index is 0.0201.